The van der Waals surface area contributed by atoms with Crippen molar-refractivity contribution in [1.29, 1.82) is 0 Å². The number of amides is 2. The maximum Gasteiger partial charge on any atom is 0.307 e. The van der Waals surface area contributed by atoms with Crippen molar-refractivity contribution < 1.29 is 19.5 Å². The van der Waals surface area contributed by atoms with Gasteiger partial charge in [0, 0.05) is 6.54 Å². The van der Waals surface area contributed by atoms with Crippen LogP contribution in [0.4, 0.5) is 0 Å². The molecule has 0 spiro atoms. The standard InChI is InChI=1S/C10H16N2O4/c1-10(2,9(11)16)4-12-7(13)5-3-6(5)8(14)15/h5-6H,3-4H2,1-2H3,(H2,11,16)(H,12,13)(H,14,15). The van der Waals surface area contributed by atoms with Gasteiger partial charge >= 0.3 is 5.97 Å². The zero-order valence-electron chi connectivity index (χ0n) is 9.32. The number of primary amides is 1. The summed E-state index contributed by atoms with van der Waals surface area (Å²) in [4.78, 5) is 33.0. The molecule has 2 atom stereocenters. The van der Waals surface area contributed by atoms with Crippen LogP contribution in [0, 0.1) is 17.3 Å². The van der Waals surface area contributed by atoms with E-state index in [0.717, 1.165) is 0 Å². The molecule has 0 radical (unpaired) electrons. The number of nitrogens with one attached hydrogen (secondary N) is 1. The van der Waals surface area contributed by atoms with Crippen LogP contribution in [0.5, 0.6) is 0 Å². The van der Waals surface area contributed by atoms with E-state index in [9.17, 15) is 14.4 Å². The fourth-order valence-electron chi connectivity index (χ4n) is 1.28. The van der Waals surface area contributed by atoms with Crippen LogP contribution in [0.1, 0.15) is 20.3 Å². The molecule has 0 aromatic rings. The second-order valence-corrected chi connectivity index (χ2v) is 4.75. The highest BCUT2D eigenvalue weighted by Crippen LogP contribution is 2.38. The maximum absolute atomic E-state index is 11.5. The van der Waals surface area contributed by atoms with Gasteiger partial charge in [0.25, 0.3) is 0 Å². The zero-order valence-corrected chi connectivity index (χ0v) is 9.32. The Kier molecular flexibility index (Phi) is 3.21. The van der Waals surface area contributed by atoms with Crippen molar-refractivity contribution in [2.45, 2.75) is 20.3 Å². The van der Waals surface area contributed by atoms with Crippen LogP contribution in [0.2, 0.25) is 0 Å². The van der Waals surface area contributed by atoms with Gasteiger partial charge in [-0.2, -0.15) is 0 Å². The Labute approximate surface area is 93.2 Å². The third-order valence-corrected chi connectivity index (χ3v) is 2.82. The van der Waals surface area contributed by atoms with E-state index in [0.29, 0.717) is 6.42 Å². The fraction of sp³-hybridized carbons (Fsp3) is 0.700. The summed E-state index contributed by atoms with van der Waals surface area (Å²) in [6, 6.07) is 0. The molecule has 1 rings (SSSR count). The van der Waals surface area contributed by atoms with Gasteiger partial charge in [0.15, 0.2) is 0 Å². The molecular weight excluding hydrogens is 212 g/mol. The van der Waals surface area contributed by atoms with Crippen molar-refractivity contribution in [2.75, 3.05) is 6.54 Å². The van der Waals surface area contributed by atoms with Crippen LogP contribution >= 0.6 is 0 Å². The largest absolute Gasteiger partial charge is 0.481 e. The number of carbonyl (C=O) groups excluding carboxylic acids is 2. The highest BCUT2D eigenvalue weighted by atomic mass is 16.4. The van der Waals surface area contributed by atoms with E-state index in [1.807, 2.05) is 0 Å². The minimum absolute atomic E-state index is 0.129. The lowest BCUT2D eigenvalue weighted by molar-refractivity contribution is -0.140. The Bertz CT molecular complexity index is 338. The summed E-state index contributed by atoms with van der Waals surface area (Å²) in [5.41, 5.74) is 4.32. The Morgan fingerprint density at radius 1 is 1.38 bits per heavy atom. The van der Waals surface area contributed by atoms with Gasteiger partial charge in [-0.25, -0.2) is 0 Å². The topological polar surface area (TPSA) is 109 Å². The van der Waals surface area contributed by atoms with E-state index in [2.05, 4.69) is 5.32 Å². The van der Waals surface area contributed by atoms with Crippen LogP contribution in [0.3, 0.4) is 0 Å². The summed E-state index contributed by atoms with van der Waals surface area (Å²) >= 11 is 0. The Morgan fingerprint density at radius 2 is 1.94 bits per heavy atom. The Hall–Kier alpha value is -1.59. The zero-order chi connectivity index (χ0) is 12.5. The molecule has 1 saturated carbocycles. The van der Waals surface area contributed by atoms with Gasteiger partial charge in [-0.1, -0.05) is 0 Å². The number of carbonyl (C=O) groups is 3. The highest BCUT2D eigenvalue weighted by Gasteiger charge is 2.48. The summed E-state index contributed by atoms with van der Waals surface area (Å²) in [5, 5.41) is 11.2. The molecule has 0 bridgehead atoms. The van der Waals surface area contributed by atoms with Crippen LogP contribution in [-0.4, -0.2) is 29.4 Å². The number of rotatable bonds is 5. The predicted octanol–water partition coefficient (Wildman–Crippen LogP) is -0.665. The molecule has 0 aromatic heterocycles. The quantitative estimate of drug-likeness (QED) is 0.580. The molecule has 4 N–H and O–H groups in total. The third kappa shape index (κ3) is 2.71. The van der Waals surface area contributed by atoms with Gasteiger partial charge in [0.1, 0.15) is 0 Å². The highest BCUT2D eigenvalue weighted by molar-refractivity contribution is 5.90. The number of carboxylic acid groups (broad SMARTS) is 1. The lowest BCUT2D eigenvalue weighted by atomic mass is 9.93. The number of aliphatic carboxylic acids is 1. The van der Waals surface area contributed by atoms with Crippen LogP contribution in [0.15, 0.2) is 0 Å². The number of hydrogen-bond donors (Lipinski definition) is 3. The molecule has 16 heavy (non-hydrogen) atoms. The van der Waals surface area contributed by atoms with E-state index in [1.165, 1.54) is 0 Å². The predicted molar refractivity (Wildman–Crippen MR) is 55.2 cm³/mol. The van der Waals surface area contributed by atoms with Crippen LogP contribution < -0.4 is 11.1 Å². The molecule has 0 aliphatic heterocycles. The molecule has 1 aliphatic carbocycles. The van der Waals surface area contributed by atoms with Crippen molar-refractivity contribution in [3.8, 4) is 0 Å². The minimum Gasteiger partial charge on any atom is -0.481 e. The minimum atomic E-state index is -0.950. The molecule has 1 aliphatic rings. The smallest absolute Gasteiger partial charge is 0.307 e. The third-order valence-electron chi connectivity index (χ3n) is 2.82. The molecule has 90 valence electrons. The number of hydrogen-bond acceptors (Lipinski definition) is 3. The fourth-order valence-corrected chi connectivity index (χ4v) is 1.28. The first-order chi connectivity index (χ1) is 7.25. The molecule has 2 amide bonds. The Morgan fingerprint density at radius 3 is 2.31 bits per heavy atom. The van der Waals surface area contributed by atoms with Crippen LogP contribution in [-0.2, 0) is 14.4 Å². The van der Waals surface area contributed by atoms with Gasteiger partial charge in [-0.3, -0.25) is 14.4 Å². The van der Waals surface area contributed by atoms with E-state index in [-0.39, 0.29) is 12.5 Å². The van der Waals surface area contributed by atoms with Gasteiger partial charge < -0.3 is 16.2 Å². The monoisotopic (exact) mass is 228 g/mol. The number of carboxylic acids is 1. The first-order valence-electron chi connectivity index (χ1n) is 5.06. The Balaban J connectivity index is 2.38. The van der Waals surface area contributed by atoms with Crippen molar-refractivity contribution in [2.24, 2.45) is 23.0 Å². The average Bonchev–Trinajstić information content (AvgIpc) is 2.93. The average molecular weight is 228 g/mol. The van der Waals surface area contributed by atoms with Gasteiger partial charge in [-0.15, -0.1) is 0 Å². The SMILES string of the molecule is CC(C)(CNC(=O)C1CC1C(=O)O)C(N)=O. The molecule has 2 unspecified atom stereocenters. The van der Waals surface area contributed by atoms with E-state index < -0.39 is 29.1 Å². The first kappa shape index (κ1) is 12.5. The molecule has 6 nitrogen and oxygen atoms in total. The van der Waals surface area contributed by atoms with Crippen molar-refractivity contribution in [3.05, 3.63) is 0 Å². The summed E-state index contributed by atoms with van der Waals surface area (Å²) in [6.45, 7) is 3.37. The van der Waals surface area contributed by atoms with Gasteiger partial charge in [0.05, 0.1) is 17.3 Å². The van der Waals surface area contributed by atoms with Gasteiger partial charge in [0.2, 0.25) is 11.8 Å². The first-order valence-corrected chi connectivity index (χ1v) is 5.06. The van der Waals surface area contributed by atoms with Gasteiger partial charge in [-0.05, 0) is 20.3 Å². The van der Waals surface area contributed by atoms with Crippen molar-refractivity contribution in [1.82, 2.24) is 5.32 Å². The normalized spacial score (nSPS) is 23.6. The second-order valence-electron chi connectivity index (χ2n) is 4.75. The van der Waals surface area contributed by atoms with E-state index in [1.54, 1.807) is 13.8 Å². The van der Waals surface area contributed by atoms with Crippen molar-refractivity contribution in [3.63, 3.8) is 0 Å². The summed E-state index contributed by atoms with van der Waals surface area (Å²) in [7, 11) is 0. The lowest BCUT2D eigenvalue weighted by Crippen LogP contribution is -2.43. The summed E-state index contributed by atoms with van der Waals surface area (Å²) in [6.07, 6.45) is 0.373. The van der Waals surface area contributed by atoms with E-state index >= 15 is 0 Å². The maximum atomic E-state index is 11.5. The molecular formula is C10H16N2O4. The molecule has 0 saturated heterocycles. The van der Waals surface area contributed by atoms with Crippen LogP contribution in [0.25, 0.3) is 0 Å². The second kappa shape index (κ2) is 4.11. The summed E-state index contributed by atoms with van der Waals surface area (Å²) < 4.78 is 0. The number of nitrogens with two attached hydrogens (primary N) is 1. The van der Waals surface area contributed by atoms with E-state index in [4.69, 9.17) is 10.8 Å². The molecule has 0 aromatic carbocycles. The molecule has 1 fully saturated rings. The summed E-state index contributed by atoms with van der Waals surface area (Å²) in [5.74, 6) is -2.80. The molecule has 6 heteroatoms. The lowest BCUT2D eigenvalue weighted by Gasteiger charge is -2.20. The van der Waals surface area contributed by atoms with Crippen molar-refractivity contribution >= 4 is 17.8 Å². The molecule has 0 heterocycles.